The van der Waals surface area contributed by atoms with Gasteiger partial charge in [0.1, 0.15) is 5.75 Å². The molecular formula is C12H13N3O3S. The normalized spacial score (nSPS) is 11.0. The number of benzene rings is 1. The van der Waals surface area contributed by atoms with E-state index in [1.54, 1.807) is 12.1 Å². The van der Waals surface area contributed by atoms with Gasteiger partial charge in [0.15, 0.2) is 0 Å². The zero-order valence-corrected chi connectivity index (χ0v) is 11.0. The van der Waals surface area contributed by atoms with Gasteiger partial charge < -0.3 is 10.5 Å². The molecule has 0 fully saturated rings. The van der Waals surface area contributed by atoms with Crippen molar-refractivity contribution in [3.05, 3.63) is 42.7 Å². The van der Waals surface area contributed by atoms with Crippen LogP contribution in [-0.4, -0.2) is 20.5 Å². The molecule has 3 N–H and O–H groups in total. The van der Waals surface area contributed by atoms with Crippen LogP contribution in [0, 0.1) is 0 Å². The lowest BCUT2D eigenvalue weighted by Crippen LogP contribution is -2.14. The number of nitrogen functional groups attached to an aromatic ring is 1. The number of ether oxygens (including phenoxy) is 1. The predicted molar refractivity (Wildman–Crippen MR) is 72.5 cm³/mol. The standard InChI is InChI=1S/C12H13N3O3S/c1-18-9-2-4-10(5-3-9)19(16,17)15-12-6-7-14-8-11(12)13/h2-8H,13H2,1H3,(H,14,15). The van der Waals surface area contributed by atoms with Crippen molar-refractivity contribution in [2.24, 2.45) is 0 Å². The Morgan fingerprint density at radius 3 is 2.47 bits per heavy atom. The van der Waals surface area contributed by atoms with Gasteiger partial charge >= 0.3 is 0 Å². The third-order valence-electron chi connectivity index (χ3n) is 2.47. The number of sulfonamides is 1. The van der Waals surface area contributed by atoms with Gasteiger partial charge in [-0.3, -0.25) is 9.71 Å². The Bertz CT molecular complexity index is 669. The van der Waals surface area contributed by atoms with Crippen LogP contribution in [0.1, 0.15) is 0 Å². The number of aromatic nitrogens is 1. The Labute approximate surface area is 111 Å². The minimum atomic E-state index is -3.67. The summed E-state index contributed by atoms with van der Waals surface area (Å²) < 4.78 is 31.6. The summed E-state index contributed by atoms with van der Waals surface area (Å²) in [6, 6.07) is 7.56. The number of pyridine rings is 1. The van der Waals surface area contributed by atoms with E-state index in [1.165, 1.54) is 37.7 Å². The van der Waals surface area contributed by atoms with Crippen LogP contribution in [0.25, 0.3) is 0 Å². The Balaban J connectivity index is 2.30. The van der Waals surface area contributed by atoms with E-state index >= 15 is 0 Å². The maximum atomic E-state index is 12.1. The van der Waals surface area contributed by atoms with Gasteiger partial charge in [0.2, 0.25) is 0 Å². The summed E-state index contributed by atoms with van der Waals surface area (Å²) >= 11 is 0. The quantitative estimate of drug-likeness (QED) is 0.883. The molecule has 0 atom stereocenters. The van der Waals surface area contributed by atoms with Crippen LogP contribution in [0.2, 0.25) is 0 Å². The largest absolute Gasteiger partial charge is 0.497 e. The maximum Gasteiger partial charge on any atom is 0.261 e. The number of methoxy groups -OCH3 is 1. The monoisotopic (exact) mass is 279 g/mol. The topological polar surface area (TPSA) is 94.3 Å². The summed E-state index contributed by atoms with van der Waals surface area (Å²) in [6.07, 6.45) is 2.84. The van der Waals surface area contributed by atoms with E-state index < -0.39 is 10.0 Å². The zero-order valence-electron chi connectivity index (χ0n) is 10.2. The molecule has 2 rings (SSSR count). The molecule has 0 aliphatic rings. The number of nitrogens with one attached hydrogen (secondary N) is 1. The summed E-state index contributed by atoms with van der Waals surface area (Å²) in [4.78, 5) is 3.92. The van der Waals surface area contributed by atoms with Crippen molar-refractivity contribution in [1.82, 2.24) is 4.98 Å². The van der Waals surface area contributed by atoms with Gasteiger partial charge in [0.25, 0.3) is 10.0 Å². The molecule has 6 nitrogen and oxygen atoms in total. The van der Waals surface area contributed by atoms with E-state index in [1.807, 2.05) is 0 Å². The molecule has 1 heterocycles. The van der Waals surface area contributed by atoms with Gasteiger partial charge in [0, 0.05) is 6.20 Å². The van der Waals surface area contributed by atoms with Crippen LogP contribution in [0.15, 0.2) is 47.6 Å². The second-order valence-electron chi connectivity index (χ2n) is 3.74. The van der Waals surface area contributed by atoms with Crippen molar-refractivity contribution in [2.75, 3.05) is 17.6 Å². The molecule has 0 saturated carbocycles. The summed E-state index contributed by atoms with van der Waals surface area (Å²) in [5.74, 6) is 0.586. The maximum absolute atomic E-state index is 12.1. The summed E-state index contributed by atoms with van der Waals surface area (Å²) in [7, 11) is -2.16. The van der Waals surface area contributed by atoms with Crippen molar-refractivity contribution in [1.29, 1.82) is 0 Å². The highest BCUT2D eigenvalue weighted by molar-refractivity contribution is 7.92. The van der Waals surface area contributed by atoms with E-state index in [9.17, 15) is 8.42 Å². The number of nitrogens with zero attached hydrogens (tertiary/aromatic N) is 1. The fraction of sp³-hybridized carbons (Fsp3) is 0.0833. The van der Waals surface area contributed by atoms with Crippen LogP contribution in [0.3, 0.4) is 0 Å². The molecule has 1 aromatic carbocycles. The Morgan fingerprint density at radius 2 is 1.89 bits per heavy atom. The molecule has 2 aromatic rings. The lowest BCUT2D eigenvalue weighted by molar-refractivity contribution is 0.414. The third-order valence-corrected chi connectivity index (χ3v) is 3.85. The first-order valence-electron chi connectivity index (χ1n) is 5.39. The second-order valence-corrected chi connectivity index (χ2v) is 5.43. The van der Waals surface area contributed by atoms with Gasteiger partial charge in [-0.1, -0.05) is 0 Å². The average molecular weight is 279 g/mol. The lowest BCUT2D eigenvalue weighted by atomic mass is 10.3. The minimum Gasteiger partial charge on any atom is -0.497 e. The number of anilines is 2. The number of nitrogens with two attached hydrogens (primary N) is 1. The number of rotatable bonds is 4. The highest BCUT2D eigenvalue weighted by atomic mass is 32.2. The highest BCUT2D eigenvalue weighted by Gasteiger charge is 2.15. The molecule has 0 bridgehead atoms. The molecule has 0 spiro atoms. The van der Waals surface area contributed by atoms with Gasteiger partial charge in [-0.05, 0) is 30.3 Å². The van der Waals surface area contributed by atoms with Crippen molar-refractivity contribution < 1.29 is 13.2 Å². The fourth-order valence-electron chi connectivity index (χ4n) is 1.46. The van der Waals surface area contributed by atoms with Crippen LogP contribution >= 0.6 is 0 Å². The van der Waals surface area contributed by atoms with Gasteiger partial charge in [-0.15, -0.1) is 0 Å². The first-order chi connectivity index (χ1) is 9.03. The zero-order chi connectivity index (χ0) is 13.9. The van der Waals surface area contributed by atoms with Crippen molar-refractivity contribution in [3.8, 4) is 5.75 Å². The molecule has 0 aliphatic heterocycles. The molecule has 0 amide bonds. The Hall–Kier alpha value is -2.28. The van der Waals surface area contributed by atoms with Gasteiger partial charge in [0.05, 0.1) is 29.6 Å². The Morgan fingerprint density at radius 1 is 1.21 bits per heavy atom. The van der Waals surface area contributed by atoms with E-state index in [-0.39, 0.29) is 10.6 Å². The molecule has 0 saturated heterocycles. The molecule has 0 radical (unpaired) electrons. The number of hydrogen-bond acceptors (Lipinski definition) is 5. The van der Waals surface area contributed by atoms with Gasteiger partial charge in [-0.25, -0.2) is 8.42 Å². The van der Waals surface area contributed by atoms with Gasteiger partial charge in [-0.2, -0.15) is 0 Å². The minimum absolute atomic E-state index is 0.129. The first kappa shape index (κ1) is 13.2. The smallest absolute Gasteiger partial charge is 0.261 e. The summed E-state index contributed by atoms with van der Waals surface area (Å²) in [6.45, 7) is 0. The molecule has 0 aliphatic carbocycles. The first-order valence-corrected chi connectivity index (χ1v) is 6.87. The third kappa shape index (κ3) is 2.94. The van der Waals surface area contributed by atoms with E-state index in [0.29, 0.717) is 11.4 Å². The van der Waals surface area contributed by atoms with E-state index in [4.69, 9.17) is 10.5 Å². The van der Waals surface area contributed by atoms with Crippen molar-refractivity contribution >= 4 is 21.4 Å². The van der Waals surface area contributed by atoms with E-state index in [0.717, 1.165) is 0 Å². The van der Waals surface area contributed by atoms with Crippen LogP contribution in [-0.2, 0) is 10.0 Å². The molecule has 7 heteroatoms. The highest BCUT2D eigenvalue weighted by Crippen LogP contribution is 2.22. The van der Waals surface area contributed by atoms with Crippen molar-refractivity contribution in [2.45, 2.75) is 4.90 Å². The molecule has 100 valence electrons. The van der Waals surface area contributed by atoms with E-state index in [2.05, 4.69) is 9.71 Å². The SMILES string of the molecule is COc1ccc(S(=O)(=O)Nc2ccncc2N)cc1. The fourth-order valence-corrected chi connectivity index (χ4v) is 2.55. The van der Waals surface area contributed by atoms with Crippen molar-refractivity contribution in [3.63, 3.8) is 0 Å². The van der Waals surface area contributed by atoms with Crippen LogP contribution in [0.4, 0.5) is 11.4 Å². The average Bonchev–Trinajstić information content (AvgIpc) is 2.41. The lowest BCUT2D eigenvalue weighted by Gasteiger charge is -2.10. The molecule has 19 heavy (non-hydrogen) atoms. The van der Waals surface area contributed by atoms with Crippen LogP contribution < -0.4 is 15.2 Å². The predicted octanol–water partition coefficient (Wildman–Crippen LogP) is 1.47. The van der Waals surface area contributed by atoms with Crippen LogP contribution in [0.5, 0.6) is 5.75 Å². The Kier molecular flexibility index (Phi) is 3.57. The second kappa shape index (κ2) is 5.15. The number of hydrogen-bond donors (Lipinski definition) is 2. The molecule has 1 aromatic heterocycles. The summed E-state index contributed by atoms with van der Waals surface area (Å²) in [5.41, 5.74) is 6.20. The molecular weight excluding hydrogens is 266 g/mol. The summed E-state index contributed by atoms with van der Waals surface area (Å²) in [5, 5.41) is 0. The molecule has 0 unspecified atom stereocenters.